The second-order valence-electron chi connectivity index (χ2n) is 2.66. The standard InChI is InChI=1S/C7H16N2S/c1-6(2)4-9-7(8)5-10-3/h6H,4-5H2,1-3H3,(H2,8,9). The summed E-state index contributed by atoms with van der Waals surface area (Å²) in [6, 6.07) is 0. The molecule has 0 spiro atoms. The smallest absolute Gasteiger partial charge is 0.104 e. The third-order valence-corrected chi connectivity index (χ3v) is 1.54. The van der Waals surface area contributed by atoms with E-state index in [1.165, 1.54) is 0 Å². The zero-order valence-electron chi connectivity index (χ0n) is 6.92. The molecule has 0 aliphatic carbocycles. The van der Waals surface area contributed by atoms with E-state index in [4.69, 9.17) is 5.73 Å². The SMILES string of the molecule is CSCC(N)=NCC(C)C. The molecule has 2 nitrogen and oxygen atoms in total. The van der Waals surface area contributed by atoms with Crippen molar-refractivity contribution in [1.29, 1.82) is 0 Å². The molecule has 0 saturated heterocycles. The van der Waals surface area contributed by atoms with Crippen molar-refractivity contribution in [2.75, 3.05) is 18.6 Å². The summed E-state index contributed by atoms with van der Waals surface area (Å²) in [5.74, 6) is 2.23. The minimum Gasteiger partial charge on any atom is -0.387 e. The Labute approximate surface area is 67.3 Å². The first-order valence-corrected chi connectivity index (χ1v) is 4.84. The summed E-state index contributed by atoms with van der Waals surface area (Å²) in [4.78, 5) is 4.19. The van der Waals surface area contributed by atoms with Gasteiger partial charge in [0.05, 0.1) is 5.75 Å². The Bertz CT molecular complexity index is 110. The van der Waals surface area contributed by atoms with Crippen molar-refractivity contribution in [3.63, 3.8) is 0 Å². The molecule has 0 radical (unpaired) electrons. The van der Waals surface area contributed by atoms with Crippen molar-refractivity contribution in [3.8, 4) is 0 Å². The van der Waals surface area contributed by atoms with Gasteiger partial charge in [0.1, 0.15) is 5.84 Å². The number of amidine groups is 1. The second kappa shape index (κ2) is 5.59. The average Bonchev–Trinajstić information content (AvgIpc) is 1.85. The Morgan fingerprint density at radius 3 is 2.60 bits per heavy atom. The van der Waals surface area contributed by atoms with Crippen molar-refractivity contribution in [1.82, 2.24) is 0 Å². The lowest BCUT2D eigenvalue weighted by Gasteiger charge is -2.00. The Kier molecular flexibility index (Phi) is 5.49. The van der Waals surface area contributed by atoms with Crippen LogP contribution in [0.5, 0.6) is 0 Å². The van der Waals surface area contributed by atoms with Gasteiger partial charge in [0, 0.05) is 6.54 Å². The lowest BCUT2D eigenvalue weighted by Crippen LogP contribution is -2.15. The maximum Gasteiger partial charge on any atom is 0.104 e. The minimum atomic E-state index is 0.611. The van der Waals surface area contributed by atoms with E-state index in [-0.39, 0.29) is 0 Å². The number of hydrogen-bond acceptors (Lipinski definition) is 2. The molecule has 0 amide bonds. The lowest BCUT2D eigenvalue weighted by molar-refractivity contribution is 0.665. The van der Waals surface area contributed by atoms with Gasteiger partial charge in [0.15, 0.2) is 0 Å². The van der Waals surface area contributed by atoms with Crippen LogP contribution in [0, 0.1) is 5.92 Å². The van der Waals surface area contributed by atoms with E-state index in [1.807, 2.05) is 6.26 Å². The molecule has 0 aliphatic heterocycles. The largest absolute Gasteiger partial charge is 0.387 e. The fraction of sp³-hybridized carbons (Fsp3) is 0.857. The molecular formula is C7H16N2S. The zero-order chi connectivity index (χ0) is 7.98. The summed E-state index contributed by atoms with van der Waals surface area (Å²) in [6.45, 7) is 5.12. The van der Waals surface area contributed by atoms with Gasteiger partial charge in [-0.05, 0) is 12.2 Å². The molecule has 0 saturated carbocycles. The Morgan fingerprint density at radius 1 is 1.60 bits per heavy atom. The number of hydrogen-bond donors (Lipinski definition) is 1. The second-order valence-corrected chi connectivity index (χ2v) is 3.52. The fourth-order valence-corrected chi connectivity index (χ4v) is 0.880. The molecule has 0 atom stereocenters. The summed E-state index contributed by atoms with van der Waals surface area (Å²) in [5, 5.41) is 0. The van der Waals surface area contributed by atoms with Crippen molar-refractivity contribution < 1.29 is 0 Å². The van der Waals surface area contributed by atoms with E-state index in [0.29, 0.717) is 5.92 Å². The number of nitrogens with two attached hydrogens (primary N) is 1. The molecule has 2 N–H and O–H groups in total. The Hall–Kier alpha value is -0.180. The lowest BCUT2D eigenvalue weighted by atomic mass is 10.2. The van der Waals surface area contributed by atoms with Gasteiger partial charge in [0.25, 0.3) is 0 Å². The highest BCUT2D eigenvalue weighted by Gasteiger charge is 1.92. The van der Waals surface area contributed by atoms with Crippen LogP contribution in [0.25, 0.3) is 0 Å². The van der Waals surface area contributed by atoms with Crippen LogP contribution in [0.4, 0.5) is 0 Å². The molecule has 0 heterocycles. The van der Waals surface area contributed by atoms with Gasteiger partial charge >= 0.3 is 0 Å². The number of aliphatic imine (C=N–C) groups is 1. The average molecular weight is 160 g/mol. The van der Waals surface area contributed by atoms with E-state index in [9.17, 15) is 0 Å². The van der Waals surface area contributed by atoms with Gasteiger partial charge in [-0.25, -0.2) is 0 Å². The predicted octanol–water partition coefficient (Wildman–Crippen LogP) is 1.36. The summed E-state index contributed by atoms with van der Waals surface area (Å²) in [7, 11) is 0. The summed E-state index contributed by atoms with van der Waals surface area (Å²) in [5.41, 5.74) is 5.56. The van der Waals surface area contributed by atoms with Crippen LogP contribution in [0.15, 0.2) is 4.99 Å². The van der Waals surface area contributed by atoms with Gasteiger partial charge in [-0.2, -0.15) is 11.8 Å². The van der Waals surface area contributed by atoms with Gasteiger partial charge < -0.3 is 5.73 Å². The van der Waals surface area contributed by atoms with Crippen LogP contribution in [-0.4, -0.2) is 24.4 Å². The van der Waals surface area contributed by atoms with Crippen molar-refractivity contribution in [2.45, 2.75) is 13.8 Å². The molecule has 0 aromatic heterocycles. The fourth-order valence-electron chi connectivity index (χ4n) is 0.493. The molecular weight excluding hydrogens is 144 g/mol. The molecule has 0 fully saturated rings. The number of rotatable bonds is 4. The molecule has 60 valence electrons. The summed E-state index contributed by atoms with van der Waals surface area (Å²) < 4.78 is 0. The molecule has 0 unspecified atom stereocenters. The summed E-state index contributed by atoms with van der Waals surface area (Å²) in [6.07, 6.45) is 2.03. The maximum absolute atomic E-state index is 5.56. The quantitative estimate of drug-likeness (QED) is 0.498. The van der Waals surface area contributed by atoms with Crippen LogP contribution in [0.2, 0.25) is 0 Å². The van der Waals surface area contributed by atoms with Gasteiger partial charge in [-0.3, -0.25) is 4.99 Å². The Balaban J connectivity index is 3.47. The van der Waals surface area contributed by atoms with E-state index >= 15 is 0 Å². The third-order valence-electron chi connectivity index (χ3n) is 0.952. The van der Waals surface area contributed by atoms with Crippen LogP contribution in [0.1, 0.15) is 13.8 Å². The Morgan fingerprint density at radius 2 is 2.20 bits per heavy atom. The first kappa shape index (κ1) is 9.82. The van der Waals surface area contributed by atoms with E-state index < -0.39 is 0 Å². The highest BCUT2D eigenvalue weighted by atomic mass is 32.2. The van der Waals surface area contributed by atoms with E-state index in [1.54, 1.807) is 11.8 Å². The molecule has 0 rings (SSSR count). The first-order valence-electron chi connectivity index (χ1n) is 3.44. The van der Waals surface area contributed by atoms with Gasteiger partial charge in [-0.15, -0.1) is 0 Å². The topological polar surface area (TPSA) is 38.4 Å². The molecule has 3 heteroatoms. The number of nitrogens with zero attached hydrogens (tertiary/aromatic N) is 1. The highest BCUT2D eigenvalue weighted by molar-refractivity contribution is 7.99. The zero-order valence-corrected chi connectivity index (χ0v) is 7.74. The van der Waals surface area contributed by atoms with E-state index in [2.05, 4.69) is 18.8 Å². The van der Waals surface area contributed by atoms with Crippen molar-refractivity contribution >= 4 is 17.6 Å². The van der Waals surface area contributed by atoms with Crippen LogP contribution >= 0.6 is 11.8 Å². The first-order chi connectivity index (χ1) is 4.66. The van der Waals surface area contributed by atoms with Crippen molar-refractivity contribution in [2.24, 2.45) is 16.6 Å². The predicted molar refractivity (Wildman–Crippen MR) is 49.7 cm³/mol. The van der Waals surface area contributed by atoms with Crippen LogP contribution in [0.3, 0.4) is 0 Å². The normalized spacial score (nSPS) is 12.6. The minimum absolute atomic E-state index is 0.611. The highest BCUT2D eigenvalue weighted by Crippen LogP contribution is 1.94. The maximum atomic E-state index is 5.56. The van der Waals surface area contributed by atoms with Gasteiger partial charge in [-0.1, -0.05) is 13.8 Å². The molecule has 0 aromatic rings. The third kappa shape index (κ3) is 5.95. The molecule has 10 heavy (non-hydrogen) atoms. The molecule has 0 bridgehead atoms. The van der Waals surface area contributed by atoms with Crippen LogP contribution in [-0.2, 0) is 0 Å². The van der Waals surface area contributed by atoms with Crippen LogP contribution < -0.4 is 5.73 Å². The van der Waals surface area contributed by atoms with E-state index in [0.717, 1.165) is 18.1 Å². The monoisotopic (exact) mass is 160 g/mol. The molecule has 0 aromatic carbocycles. The molecule has 0 aliphatic rings. The number of thioether (sulfide) groups is 1. The summed E-state index contributed by atoms with van der Waals surface area (Å²) >= 11 is 1.71. The van der Waals surface area contributed by atoms with Gasteiger partial charge in [0.2, 0.25) is 0 Å². The van der Waals surface area contributed by atoms with Crippen molar-refractivity contribution in [3.05, 3.63) is 0 Å².